The monoisotopic (exact) mass is 693 g/mol. The Morgan fingerprint density at radius 2 is 1.13 bits per heavy atom. The highest BCUT2D eigenvalue weighted by molar-refractivity contribution is 6.15. The van der Waals surface area contributed by atoms with Gasteiger partial charge in [0.1, 0.15) is 16.7 Å². The van der Waals surface area contributed by atoms with Crippen molar-refractivity contribution in [3.8, 4) is 28.3 Å². The molecule has 0 fully saturated rings. The van der Waals surface area contributed by atoms with Gasteiger partial charge >= 0.3 is 0 Å². The third-order valence-corrected chi connectivity index (χ3v) is 10.4. The molecule has 0 radical (unpaired) electrons. The lowest BCUT2D eigenvalue weighted by Gasteiger charge is -2.27. The first-order chi connectivity index (χ1) is 26.8. The Bertz CT molecular complexity index is 3140. The van der Waals surface area contributed by atoms with Gasteiger partial charge in [0.25, 0.3) is 0 Å². The predicted molar refractivity (Wildman–Crippen MR) is 221 cm³/mol. The molecule has 3 aromatic heterocycles. The minimum absolute atomic E-state index is 0.602. The van der Waals surface area contributed by atoms with Crippen LogP contribution in [0, 0.1) is 0 Å². The number of furan rings is 1. The number of rotatable bonds is 6. The fourth-order valence-corrected chi connectivity index (χ4v) is 7.97. The van der Waals surface area contributed by atoms with Crippen LogP contribution >= 0.6 is 0 Å². The zero-order chi connectivity index (χ0) is 35.6. The Hall–Kier alpha value is -7.37. The Labute approximate surface area is 310 Å². The molecule has 0 aliphatic heterocycles. The Morgan fingerprint density at radius 1 is 0.463 bits per heavy atom. The number of hydrogen-bond acceptors (Lipinski definition) is 4. The maximum absolute atomic E-state index is 6.61. The van der Waals surface area contributed by atoms with Crippen LogP contribution in [0.3, 0.4) is 0 Å². The fourth-order valence-electron chi connectivity index (χ4n) is 7.97. The molecular weight excluding hydrogens is 663 g/mol. The first-order valence-corrected chi connectivity index (χ1v) is 18.1. The molecule has 54 heavy (non-hydrogen) atoms. The minimum Gasteiger partial charge on any atom is -0.455 e. The molecule has 8 aromatic carbocycles. The van der Waals surface area contributed by atoms with E-state index in [2.05, 4.69) is 161 Å². The van der Waals surface area contributed by atoms with Crippen molar-refractivity contribution >= 4 is 71.9 Å². The summed E-state index contributed by atoms with van der Waals surface area (Å²) in [7, 11) is 0. The smallest absolute Gasteiger partial charge is 0.227 e. The Balaban J connectivity index is 1.05. The van der Waals surface area contributed by atoms with Crippen molar-refractivity contribution in [3.05, 3.63) is 188 Å². The summed E-state index contributed by atoms with van der Waals surface area (Å²) >= 11 is 0. The van der Waals surface area contributed by atoms with E-state index < -0.39 is 0 Å². The second-order valence-corrected chi connectivity index (χ2v) is 13.6. The van der Waals surface area contributed by atoms with Gasteiger partial charge in [-0.15, -0.1) is 0 Å². The molecular formula is C49H31N3O2. The lowest BCUT2D eigenvalue weighted by atomic mass is 10.0. The lowest BCUT2D eigenvalue weighted by molar-refractivity contribution is 0.617. The molecule has 0 atom stereocenters. The number of fused-ring (bicyclic) bond motifs is 7. The zero-order valence-corrected chi connectivity index (χ0v) is 29.1. The fraction of sp³-hybridized carbons (Fsp3) is 0. The van der Waals surface area contributed by atoms with E-state index in [1.54, 1.807) is 0 Å². The van der Waals surface area contributed by atoms with Crippen molar-refractivity contribution in [1.29, 1.82) is 0 Å². The average Bonchev–Trinajstić information content (AvgIpc) is 3.93. The highest BCUT2D eigenvalue weighted by Gasteiger charge is 2.22. The maximum Gasteiger partial charge on any atom is 0.227 e. The molecule has 0 unspecified atom stereocenters. The van der Waals surface area contributed by atoms with Gasteiger partial charge in [0.2, 0.25) is 5.89 Å². The van der Waals surface area contributed by atoms with E-state index in [0.717, 1.165) is 72.4 Å². The number of anilines is 3. The minimum atomic E-state index is 0.602. The first kappa shape index (κ1) is 30.3. The van der Waals surface area contributed by atoms with E-state index in [1.807, 2.05) is 36.4 Å². The van der Waals surface area contributed by atoms with Gasteiger partial charge in [0.15, 0.2) is 5.58 Å². The van der Waals surface area contributed by atoms with Gasteiger partial charge in [-0.05, 0) is 72.3 Å². The molecule has 0 aliphatic rings. The van der Waals surface area contributed by atoms with Gasteiger partial charge in [-0.2, -0.15) is 0 Å². The quantitative estimate of drug-likeness (QED) is 0.174. The first-order valence-electron chi connectivity index (χ1n) is 18.1. The molecule has 0 spiro atoms. The van der Waals surface area contributed by atoms with Crippen LogP contribution in [0.5, 0.6) is 0 Å². The van der Waals surface area contributed by atoms with Gasteiger partial charge in [0.05, 0.1) is 16.7 Å². The number of benzene rings is 8. The molecule has 0 aliphatic carbocycles. The SMILES string of the molecule is c1ccc(-c2nc3cc4c(cc3o2)oc2c(-c3ccc(N(c5ccccc5)c5cccc6c7ccccc7n(-c7ccccc7)c56)cc3)cccc24)cc1. The maximum atomic E-state index is 6.61. The van der Waals surface area contributed by atoms with Crippen LogP contribution in [0.15, 0.2) is 197 Å². The Morgan fingerprint density at radius 3 is 1.94 bits per heavy atom. The summed E-state index contributed by atoms with van der Waals surface area (Å²) < 4.78 is 15.2. The summed E-state index contributed by atoms with van der Waals surface area (Å²) in [6.45, 7) is 0. The van der Waals surface area contributed by atoms with E-state index in [0.29, 0.717) is 11.5 Å². The number of para-hydroxylation sites is 5. The topological polar surface area (TPSA) is 47.3 Å². The molecule has 11 aromatic rings. The van der Waals surface area contributed by atoms with Crippen LogP contribution in [0.4, 0.5) is 17.1 Å². The van der Waals surface area contributed by atoms with Crippen molar-refractivity contribution in [1.82, 2.24) is 9.55 Å². The van der Waals surface area contributed by atoms with Crippen molar-refractivity contribution in [2.75, 3.05) is 4.90 Å². The van der Waals surface area contributed by atoms with E-state index >= 15 is 0 Å². The third kappa shape index (κ3) is 4.76. The molecule has 11 rings (SSSR count). The molecule has 0 saturated carbocycles. The number of nitrogens with zero attached hydrogens (tertiary/aromatic N) is 3. The molecule has 5 heteroatoms. The second kappa shape index (κ2) is 12.1. The van der Waals surface area contributed by atoms with Crippen LogP contribution in [0.1, 0.15) is 0 Å². The standard InChI is InChI=1S/C49H31N3O2/c1-4-14-33(15-5-1)49-50-42-30-41-40-23-12-21-37(48(40)53-45(41)31-46(42)54-49)32-26-28-36(29-27-32)51(34-16-6-2-7-17-34)44-25-13-22-39-38-20-10-11-24-43(38)52(47(39)44)35-18-8-3-9-19-35/h1-31H. The van der Waals surface area contributed by atoms with Crippen LogP contribution < -0.4 is 4.90 Å². The summed E-state index contributed by atoms with van der Waals surface area (Å²) in [6.07, 6.45) is 0. The van der Waals surface area contributed by atoms with E-state index in [-0.39, 0.29) is 0 Å². The number of aromatic nitrogens is 2. The molecule has 0 bridgehead atoms. The zero-order valence-electron chi connectivity index (χ0n) is 29.1. The molecule has 0 amide bonds. The molecule has 254 valence electrons. The summed E-state index contributed by atoms with van der Waals surface area (Å²) in [5.41, 5.74) is 12.9. The highest BCUT2D eigenvalue weighted by Crippen LogP contribution is 2.44. The number of oxazole rings is 1. The van der Waals surface area contributed by atoms with Crippen molar-refractivity contribution in [2.24, 2.45) is 0 Å². The normalized spacial score (nSPS) is 11.7. The Kier molecular flexibility index (Phi) is 6.79. The van der Waals surface area contributed by atoms with Gasteiger partial charge in [-0.25, -0.2) is 4.98 Å². The van der Waals surface area contributed by atoms with Crippen LogP contribution in [-0.4, -0.2) is 9.55 Å². The summed E-state index contributed by atoms with van der Waals surface area (Å²) in [4.78, 5) is 7.17. The van der Waals surface area contributed by atoms with E-state index in [9.17, 15) is 0 Å². The predicted octanol–water partition coefficient (Wildman–Crippen LogP) is 13.6. The summed E-state index contributed by atoms with van der Waals surface area (Å²) in [5.74, 6) is 0.602. The molecule has 0 saturated heterocycles. The largest absolute Gasteiger partial charge is 0.455 e. The second-order valence-electron chi connectivity index (χ2n) is 13.6. The third-order valence-electron chi connectivity index (χ3n) is 10.4. The molecule has 3 heterocycles. The van der Waals surface area contributed by atoms with Gasteiger partial charge in [-0.1, -0.05) is 115 Å². The molecule has 5 nitrogen and oxygen atoms in total. The van der Waals surface area contributed by atoms with Crippen molar-refractivity contribution in [2.45, 2.75) is 0 Å². The van der Waals surface area contributed by atoms with Gasteiger partial charge in [0, 0.05) is 55.8 Å². The van der Waals surface area contributed by atoms with Crippen LogP contribution in [0.2, 0.25) is 0 Å². The van der Waals surface area contributed by atoms with Crippen molar-refractivity contribution in [3.63, 3.8) is 0 Å². The summed E-state index contributed by atoms with van der Waals surface area (Å²) in [6, 6.07) is 65.7. The van der Waals surface area contributed by atoms with E-state index in [4.69, 9.17) is 13.8 Å². The summed E-state index contributed by atoms with van der Waals surface area (Å²) in [5, 5.41) is 4.49. The lowest BCUT2D eigenvalue weighted by Crippen LogP contribution is -2.11. The molecule has 0 N–H and O–H groups in total. The van der Waals surface area contributed by atoms with Crippen LogP contribution in [0.25, 0.3) is 83.1 Å². The highest BCUT2D eigenvalue weighted by atomic mass is 16.4. The van der Waals surface area contributed by atoms with Gasteiger partial charge < -0.3 is 18.3 Å². The van der Waals surface area contributed by atoms with E-state index in [1.165, 1.54) is 16.3 Å². The number of hydrogen-bond donors (Lipinski definition) is 0. The average molecular weight is 694 g/mol. The van der Waals surface area contributed by atoms with Crippen LogP contribution in [-0.2, 0) is 0 Å². The van der Waals surface area contributed by atoms with Gasteiger partial charge in [-0.3, -0.25) is 0 Å². The van der Waals surface area contributed by atoms with Crippen molar-refractivity contribution < 1.29 is 8.83 Å².